The summed E-state index contributed by atoms with van der Waals surface area (Å²) < 4.78 is 6.95. The maximum absolute atomic E-state index is 6.95. The van der Waals surface area contributed by atoms with E-state index in [1.165, 1.54) is 127 Å². The zero-order valence-corrected chi connectivity index (χ0v) is 50.4. The summed E-state index contributed by atoms with van der Waals surface area (Å²) in [7, 11) is 0. The van der Waals surface area contributed by atoms with Crippen LogP contribution in [0.4, 0.5) is 85.3 Å². The van der Waals surface area contributed by atoms with E-state index in [0.717, 1.165) is 51.3 Å². The van der Waals surface area contributed by atoms with Gasteiger partial charge in [-0.15, -0.1) is 0 Å². The normalized spacial score (nSPS) is 13.9. The van der Waals surface area contributed by atoms with Crippen molar-refractivity contribution in [3.05, 3.63) is 315 Å². The molecule has 0 radical (unpaired) electrons. The Kier molecular flexibility index (Phi) is 10.6. The highest BCUT2D eigenvalue weighted by molar-refractivity contribution is 7.02. The first-order chi connectivity index (χ1) is 46.2. The Labute approximate surface area is 539 Å². The minimum atomic E-state index is -0.106. The highest BCUT2D eigenvalue weighted by atomic mass is 16.5. The first kappa shape index (κ1) is 50.9. The first-order valence-corrected chi connectivity index (χ1v) is 32.3. The Morgan fingerprint density at radius 3 is 0.817 bits per heavy atom. The van der Waals surface area contributed by atoms with E-state index in [-0.39, 0.29) is 20.1 Å². The second kappa shape index (κ2) is 19.3. The molecule has 93 heavy (non-hydrogen) atoms. The lowest BCUT2D eigenvalue weighted by molar-refractivity contribution is 0.487. The first-order valence-electron chi connectivity index (χ1n) is 32.3. The largest absolute Gasteiger partial charge is 0.458 e. The summed E-state index contributed by atoms with van der Waals surface area (Å²) >= 11 is 0. The van der Waals surface area contributed by atoms with Crippen LogP contribution < -0.4 is 78.4 Å². The number of para-hydroxylation sites is 8. The van der Waals surface area contributed by atoms with E-state index < -0.39 is 0 Å². The number of hydrogen-bond acceptors (Lipinski definition) is 6. The molecule has 0 fully saturated rings. The average Bonchev–Trinajstić information content (AvgIpc) is 0.695. The zero-order valence-electron chi connectivity index (χ0n) is 50.4. The lowest BCUT2D eigenvalue weighted by Gasteiger charge is -2.44. The fourth-order valence-electron chi connectivity index (χ4n) is 17.1. The molecule has 0 aliphatic carbocycles. The van der Waals surface area contributed by atoms with Gasteiger partial charge in [-0.3, -0.25) is 0 Å². The van der Waals surface area contributed by atoms with Crippen LogP contribution in [-0.2, 0) is 0 Å². The molecule has 6 aliphatic heterocycles. The molecule has 0 saturated heterocycles. The summed E-state index contributed by atoms with van der Waals surface area (Å²) in [5.41, 5.74) is 28.6. The molecular formula is C84H52B3N5O. The maximum atomic E-state index is 6.95. The van der Waals surface area contributed by atoms with Gasteiger partial charge < -0.3 is 29.2 Å². The molecule has 6 heterocycles. The maximum Gasteiger partial charge on any atom is 0.256 e. The molecule has 6 nitrogen and oxygen atoms in total. The van der Waals surface area contributed by atoms with Crippen molar-refractivity contribution in [3.63, 3.8) is 0 Å². The van der Waals surface area contributed by atoms with E-state index in [0.29, 0.717) is 0 Å². The number of rotatable bonds is 5. The molecule has 0 saturated carbocycles. The molecule has 6 aliphatic rings. The van der Waals surface area contributed by atoms with Crippen molar-refractivity contribution in [1.82, 2.24) is 0 Å². The van der Waals surface area contributed by atoms with Gasteiger partial charge in [0.2, 0.25) is 0 Å². The molecule has 0 atom stereocenters. The Balaban J connectivity index is 0.926. The van der Waals surface area contributed by atoms with E-state index in [2.05, 4.69) is 340 Å². The summed E-state index contributed by atoms with van der Waals surface area (Å²) in [4.78, 5) is 12.6. The van der Waals surface area contributed by atoms with Gasteiger partial charge in [0.1, 0.15) is 11.5 Å². The van der Waals surface area contributed by atoms with Crippen molar-refractivity contribution in [1.29, 1.82) is 0 Å². The Morgan fingerprint density at radius 2 is 0.441 bits per heavy atom. The van der Waals surface area contributed by atoms with E-state index in [1.54, 1.807) is 0 Å². The van der Waals surface area contributed by atoms with Gasteiger partial charge >= 0.3 is 0 Å². The Morgan fingerprint density at radius 1 is 0.183 bits per heavy atom. The molecule has 0 spiro atoms. The fourth-order valence-corrected chi connectivity index (χ4v) is 17.1. The van der Waals surface area contributed by atoms with Crippen LogP contribution in [0.5, 0.6) is 11.5 Å². The van der Waals surface area contributed by atoms with Gasteiger partial charge in [-0.25, -0.2) is 0 Å². The van der Waals surface area contributed by atoms with Gasteiger partial charge in [0.15, 0.2) is 0 Å². The van der Waals surface area contributed by atoms with E-state index >= 15 is 0 Å². The van der Waals surface area contributed by atoms with Gasteiger partial charge in [-0.2, -0.15) is 0 Å². The fraction of sp³-hybridized carbons (Fsp3) is 0. The van der Waals surface area contributed by atoms with Crippen LogP contribution in [0.25, 0.3) is 32.3 Å². The van der Waals surface area contributed by atoms with Crippen LogP contribution in [0.1, 0.15) is 0 Å². The molecule has 9 heteroatoms. The quantitative estimate of drug-likeness (QED) is 0.126. The summed E-state index contributed by atoms with van der Waals surface area (Å²) in [6.07, 6.45) is 0. The van der Waals surface area contributed by atoms with Crippen molar-refractivity contribution in [2.75, 3.05) is 24.5 Å². The summed E-state index contributed by atoms with van der Waals surface area (Å²) in [5, 5.41) is 7.24. The number of benzene rings is 15. The van der Waals surface area contributed by atoms with Crippen molar-refractivity contribution in [3.8, 4) is 11.5 Å². The average molecular weight is 1180 g/mol. The summed E-state index contributed by atoms with van der Waals surface area (Å²) in [6.45, 7) is -0.292. The number of nitrogens with zero attached hydrogens (tertiary/aromatic N) is 5. The predicted molar refractivity (Wildman–Crippen MR) is 393 cm³/mol. The van der Waals surface area contributed by atoms with Crippen LogP contribution in [0.2, 0.25) is 0 Å². The third kappa shape index (κ3) is 7.05. The monoisotopic (exact) mass is 1180 g/mol. The van der Waals surface area contributed by atoms with Gasteiger partial charge in [-0.1, -0.05) is 182 Å². The van der Waals surface area contributed by atoms with Gasteiger partial charge in [0.05, 0.1) is 0 Å². The van der Waals surface area contributed by atoms with Crippen LogP contribution in [0.3, 0.4) is 0 Å². The third-order valence-corrected chi connectivity index (χ3v) is 20.8. The van der Waals surface area contributed by atoms with Gasteiger partial charge in [0.25, 0.3) is 20.1 Å². The van der Waals surface area contributed by atoms with Crippen LogP contribution >= 0.6 is 0 Å². The molecule has 21 rings (SSSR count). The Bertz CT molecular complexity index is 5680. The zero-order chi connectivity index (χ0) is 60.6. The molecule has 0 N–H and O–H groups in total. The van der Waals surface area contributed by atoms with Crippen molar-refractivity contribution in [2.45, 2.75) is 0 Å². The third-order valence-electron chi connectivity index (χ3n) is 20.8. The lowest BCUT2D eigenvalue weighted by Crippen LogP contribution is -2.61. The lowest BCUT2D eigenvalue weighted by atomic mass is 9.33. The highest BCUT2D eigenvalue weighted by Gasteiger charge is 2.47. The Hall–Kier alpha value is -11.9. The molecular weight excluding hydrogens is 1130 g/mol. The summed E-state index contributed by atoms with van der Waals surface area (Å²) in [6, 6.07) is 118. The number of hydrogen-bond donors (Lipinski definition) is 0. The SMILES string of the molecule is c1ccc(N2c3cc4c(cc3B3c5ccccc5Oc5cccc2c53)c2cc3c(cc2c2cc5c(cc42)B2c4ccccc4N(c4ccccc4)c4cccc(c42)N5c2ccccc2)N(c2ccccc2)c2cccc4c2B3c2ccccc2N4c2ccccc2)cc1. The minimum Gasteiger partial charge on any atom is -0.458 e. The number of anilines is 15. The molecule has 15 aromatic rings. The minimum absolute atomic E-state index is 0.0925. The van der Waals surface area contributed by atoms with Gasteiger partial charge in [0, 0.05) is 85.3 Å². The van der Waals surface area contributed by atoms with E-state index in [1.807, 2.05) is 0 Å². The molecule has 0 unspecified atom stereocenters. The second-order valence-electron chi connectivity index (χ2n) is 25.4. The number of fused-ring (bicyclic) bond motifs is 18. The van der Waals surface area contributed by atoms with Gasteiger partial charge in [-0.05, 0) is 215 Å². The topological polar surface area (TPSA) is 25.4 Å². The van der Waals surface area contributed by atoms with Crippen molar-refractivity contribution in [2.24, 2.45) is 0 Å². The molecule has 0 aromatic heterocycles. The summed E-state index contributed by atoms with van der Waals surface area (Å²) in [5.74, 6) is 1.79. The predicted octanol–water partition coefficient (Wildman–Crippen LogP) is 15.7. The smallest absolute Gasteiger partial charge is 0.256 e. The van der Waals surface area contributed by atoms with Crippen LogP contribution in [0.15, 0.2) is 315 Å². The van der Waals surface area contributed by atoms with Crippen LogP contribution in [0, 0.1) is 0 Å². The van der Waals surface area contributed by atoms with Crippen molar-refractivity contribution < 1.29 is 4.74 Å². The van der Waals surface area contributed by atoms with Crippen molar-refractivity contribution >= 4 is 187 Å². The molecule has 0 bridgehead atoms. The van der Waals surface area contributed by atoms with E-state index in [4.69, 9.17) is 4.74 Å². The number of ether oxygens (including phenoxy) is 1. The second-order valence-corrected chi connectivity index (χ2v) is 25.4. The van der Waals surface area contributed by atoms with E-state index in [9.17, 15) is 0 Å². The van der Waals surface area contributed by atoms with Crippen LogP contribution in [-0.4, -0.2) is 20.1 Å². The highest BCUT2D eigenvalue weighted by Crippen LogP contribution is 2.51. The molecule has 15 aromatic carbocycles. The standard InChI is InChI=1S/C84H52B3N5O/c1-6-25-53(26-7-1)88-70-38-19-16-35-64(70)85-67-47-59-58-48-69-79(92(57-33-14-5-15-34-57)76-44-24-46-81-84(76)87(69)66-37-18-21-45-80(66)93-81)50-61(58)60-49-68-78(52-63(60)62(59)51-77(67)90(55-29-10-3-11-30-55)74-42-22-40-72(88)82(74)85)91(56-31-12-4-13-32-56)75-43-23-41-73-83(75)86(68)65-36-17-20-39-71(65)89(73)54-27-8-2-9-28-54/h1-52H. The molecule has 428 valence electrons. The molecule has 0 amide bonds.